The molecule has 2 amide bonds. The maximum absolute atomic E-state index is 12.5. The number of benzene rings is 2. The van der Waals surface area contributed by atoms with Gasteiger partial charge in [-0.15, -0.1) is 0 Å². The molecule has 3 rings (SSSR count). The number of nitrogens with zero attached hydrogens (tertiary/aromatic N) is 1. The van der Waals surface area contributed by atoms with Crippen molar-refractivity contribution in [1.29, 1.82) is 0 Å². The van der Waals surface area contributed by atoms with Gasteiger partial charge in [0.25, 0.3) is 5.91 Å². The molecule has 0 saturated heterocycles. The molecule has 0 saturated carbocycles. The largest absolute Gasteiger partial charge is 0.489 e. The normalized spacial score (nSPS) is 11.2. The van der Waals surface area contributed by atoms with E-state index in [9.17, 15) is 9.59 Å². The lowest BCUT2D eigenvalue weighted by molar-refractivity contribution is -0.130. The van der Waals surface area contributed by atoms with Gasteiger partial charge >= 0.3 is 0 Å². The summed E-state index contributed by atoms with van der Waals surface area (Å²) in [6, 6.07) is 16.7. The van der Waals surface area contributed by atoms with E-state index in [0.29, 0.717) is 17.9 Å². The van der Waals surface area contributed by atoms with Gasteiger partial charge in [0.15, 0.2) is 0 Å². The summed E-state index contributed by atoms with van der Waals surface area (Å²) in [6.45, 7) is 5.75. The first kappa shape index (κ1) is 21.3. The van der Waals surface area contributed by atoms with Crippen LogP contribution in [-0.4, -0.2) is 27.5 Å². The number of fused-ring (bicyclic) bond motifs is 1. The predicted molar refractivity (Wildman–Crippen MR) is 113 cm³/mol. The first-order valence-electron chi connectivity index (χ1n) is 9.61. The van der Waals surface area contributed by atoms with E-state index < -0.39 is 11.4 Å². The monoisotopic (exact) mass is 407 g/mol. The summed E-state index contributed by atoms with van der Waals surface area (Å²) in [4.78, 5) is 28.3. The predicted octanol–water partition coefficient (Wildman–Crippen LogP) is 3.53. The van der Waals surface area contributed by atoms with Crippen LogP contribution in [0.3, 0.4) is 0 Å². The number of hydrogen-bond acceptors (Lipinski definition) is 5. The Balaban J connectivity index is 1.65. The second-order valence-electron chi connectivity index (χ2n) is 7.80. The van der Waals surface area contributed by atoms with E-state index in [4.69, 9.17) is 9.94 Å². The maximum atomic E-state index is 12.5. The van der Waals surface area contributed by atoms with Gasteiger partial charge in [-0.05, 0) is 57.2 Å². The zero-order valence-electron chi connectivity index (χ0n) is 17.2. The Labute approximate surface area is 175 Å². The highest BCUT2D eigenvalue weighted by Gasteiger charge is 2.24. The van der Waals surface area contributed by atoms with E-state index >= 15 is 0 Å². The maximum Gasteiger partial charge on any atom is 0.251 e. The summed E-state index contributed by atoms with van der Waals surface area (Å²) in [5.74, 6) is -0.236. The molecule has 0 atom stereocenters. The van der Waals surface area contributed by atoms with Crippen LogP contribution in [0.15, 0.2) is 54.6 Å². The van der Waals surface area contributed by atoms with Crippen molar-refractivity contribution in [2.45, 2.75) is 39.3 Å². The van der Waals surface area contributed by atoms with E-state index in [1.807, 2.05) is 37.3 Å². The molecule has 0 bridgehead atoms. The first-order valence-corrected chi connectivity index (χ1v) is 9.61. The molecule has 0 radical (unpaired) electrons. The number of ether oxygens (including phenoxy) is 1. The number of pyridine rings is 1. The number of hydroxylamine groups is 1. The molecule has 156 valence electrons. The van der Waals surface area contributed by atoms with Gasteiger partial charge < -0.3 is 10.1 Å². The summed E-state index contributed by atoms with van der Waals surface area (Å²) in [7, 11) is 0. The van der Waals surface area contributed by atoms with Crippen LogP contribution in [0.25, 0.3) is 10.9 Å². The zero-order chi connectivity index (χ0) is 21.7. The fourth-order valence-corrected chi connectivity index (χ4v) is 3.24. The molecule has 30 heavy (non-hydrogen) atoms. The quantitative estimate of drug-likeness (QED) is 0.411. The lowest BCUT2D eigenvalue weighted by Crippen LogP contribution is -2.46. The topological polar surface area (TPSA) is 101 Å². The van der Waals surface area contributed by atoms with Crippen LogP contribution in [0.1, 0.15) is 41.9 Å². The van der Waals surface area contributed by atoms with Crippen LogP contribution in [0.5, 0.6) is 5.75 Å². The minimum atomic E-state index is -0.806. The summed E-state index contributed by atoms with van der Waals surface area (Å²) in [5, 5.41) is 12.5. The number of nitrogens with one attached hydrogen (secondary N) is 2. The highest BCUT2D eigenvalue weighted by atomic mass is 16.5. The second-order valence-corrected chi connectivity index (χ2v) is 7.80. The molecule has 2 aromatic carbocycles. The van der Waals surface area contributed by atoms with Gasteiger partial charge in [-0.1, -0.05) is 18.2 Å². The SMILES string of the molecule is Cc1cc(COc2ccc(C(=O)NC(C)(C)CC(=O)NO)cc2)c2ccccc2n1. The van der Waals surface area contributed by atoms with Crippen molar-refractivity contribution in [3.05, 3.63) is 71.4 Å². The molecule has 0 fully saturated rings. The summed E-state index contributed by atoms with van der Waals surface area (Å²) >= 11 is 0. The number of carbonyl (C=O) groups excluding carboxylic acids is 2. The molecule has 7 nitrogen and oxygen atoms in total. The molecular weight excluding hydrogens is 382 g/mol. The van der Waals surface area contributed by atoms with E-state index in [2.05, 4.69) is 10.3 Å². The number of amides is 2. The third-order valence-corrected chi connectivity index (χ3v) is 4.62. The number of carbonyl (C=O) groups is 2. The molecule has 1 heterocycles. The van der Waals surface area contributed by atoms with Crippen molar-refractivity contribution < 1.29 is 19.5 Å². The molecule has 0 unspecified atom stereocenters. The van der Waals surface area contributed by atoms with E-state index in [-0.39, 0.29) is 12.3 Å². The Hall–Kier alpha value is -3.45. The minimum Gasteiger partial charge on any atom is -0.489 e. The van der Waals surface area contributed by atoms with Gasteiger partial charge in [-0.25, -0.2) is 5.48 Å². The van der Waals surface area contributed by atoms with E-state index in [1.165, 1.54) is 0 Å². The Morgan fingerprint density at radius 3 is 2.50 bits per heavy atom. The number of rotatable bonds is 7. The van der Waals surface area contributed by atoms with Crippen LogP contribution in [0.4, 0.5) is 0 Å². The Morgan fingerprint density at radius 2 is 1.80 bits per heavy atom. The van der Waals surface area contributed by atoms with Crippen molar-refractivity contribution in [2.24, 2.45) is 0 Å². The molecule has 0 aliphatic heterocycles. The molecule has 7 heteroatoms. The summed E-state index contributed by atoms with van der Waals surface area (Å²) < 4.78 is 5.92. The van der Waals surface area contributed by atoms with E-state index in [1.54, 1.807) is 43.6 Å². The van der Waals surface area contributed by atoms with Crippen LogP contribution in [0.2, 0.25) is 0 Å². The highest BCUT2D eigenvalue weighted by Crippen LogP contribution is 2.21. The molecule has 3 N–H and O–H groups in total. The lowest BCUT2D eigenvalue weighted by atomic mass is 9.99. The van der Waals surface area contributed by atoms with Crippen LogP contribution < -0.4 is 15.5 Å². The minimum absolute atomic E-state index is 0.0459. The fourth-order valence-electron chi connectivity index (χ4n) is 3.24. The number of para-hydroxylation sites is 1. The molecule has 0 aliphatic carbocycles. The standard InChI is InChI=1S/C23H25N3O4/c1-15-12-17(19-6-4-5-7-20(19)24-15)14-30-18-10-8-16(9-11-18)22(28)25-23(2,3)13-21(27)26-29/h4-12,29H,13-14H2,1-3H3,(H,25,28)(H,26,27). The van der Waals surface area contributed by atoms with Crippen molar-refractivity contribution in [2.75, 3.05) is 0 Å². The van der Waals surface area contributed by atoms with Crippen molar-refractivity contribution in [1.82, 2.24) is 15.8 Å². The highest BCUT2D eigenvalue weighted by molar-refractivity contribution is 5.95. The van der Waals surface area contributed by atoms with Crippen LogP contribution in [0, 0.1) is 6.92 Å². The van der Waals surface area contributed by atoms with Crippen molar-refractivity contribution in [3.8, 4) is 5.75 Å². The van der Waals surface area contributed by atoms with Gasteiger partial charge in [0.1, 0.15) is 12.4 Å². The van der Waals surface area contributed by atoms with Crippen LogP contribution in [-0.2, 0) is 11.4 Å². The Bertz CT molecular complexity index is 1060. The zero-order valence-corrected chi connectivity index (χ0v) is 17.2. The average Bonchev–Trinajstić information content (AvgIpc) is 2.71. The number of aryl methyl sites for hydroxylation is 1. The molecular formula is C23H25N3O4. The summed E-state index contributed by atoms with van der Waals surface area (Å²) in [5.41, 5.74) is 4.12. The number of aromatic nitrogens is 1. The van der Waals surface area contributed by atoms with Gasteiger partial charge in [0.05, 0.1) is 11.9 Å². The van der Waals surface area contributed by atoms with Gasteiger partial charge in [0.2, 0.25) is 5.91 Å². The van der Waals surface area contributed by atoms with Crippen molar-refractivity contribution >= 4 is 22.7 Å². The molecule has 1 aromatic heterocycles. The van der Waals surface area contributed by atoms with Crippen LogP contribution >= 0.6 is 0 Å². The second kappa shape index (κ2) is 8.92. The Morgan fingerprint density at radius 1 is 1.10 bits per heavy atom. The smallest absolute Gasteiger partial charge is 0.251 e. The third kappa shape index (κ3) is 5.33. The third-order valence-electron chi connectivity index (χ3n) is 4.62. The fraction of sp³-hybridized carbons (Fsp3) is 0.261. The molecule has 0 spiro atoms. The summed E-state index contributed by atoms with van der Waals surface area (Å²) in [6.07, 6.45) is -0.0459. The van der Waals surface area contributed by atoms with Gasteiger partial charge in [-0.2, -0.15) is 0 Å². The Kier molecular flexibility index (Phi) is 6.32. The van der Waals surface area contributed by atoms with Gasteiger partial charge in [-0.3, -0.25) is 19.8 Å². The lowest BCUT2D eigenvalue weighted by Gasteiger charge is -2.25. The van der Waals surface area contributed by atoms with Gasteiger partial charge in [0, 0.05) is 27.7 Å². The van der Waals surface area contributed by atoms with Crippen molar-refractivity contribution in [3.63, 3.8) is 0 Å². The first-order chi connectivity index (χ1) is 14.3. The molecule has 3 aromatic rings. The van der Waals surface area contributed by atoms with E-state index in [0.717, 1.165) is 22.2 Å². The average molecular weight is 407 g/mol. The molecule has 0 aliphatic rings. The number of hydrogen-bond donors (Lipinski definition) is 3.